The van der Waals surface area contributed by atoms with Crippen LogP contribution in [0.5, 0.6) is 0 Å². The second-order valence-corrected chi connectivity index (χ2v) is 6.74. The van der Waals surface area contributed by atoms with E-state index in [2.05, 4.69) is 15.4 Å². The lowest BCUT2D eigenvalue weighted by molar-refractivity contribution is -0.149. The average Bonchev–Trinajstić information content (AvgIpc) is 2.48. The predicted molar refractivity (Wildman–Crippen MR) is 90.9 cm³/mol. The number of hydrogen-bond donors (Lipinski definition) is 2. The van der Waals surface area contributed by atoms with Crippen molar-refractivity contribution in [1.82, 2.24) is 10.6 Å². The quantitative estimate of drug-likeness (QED) is 0.623. The molecule has 0 spiro atoms. The van der Waals surface area contributed by atoms with Crippen LogP contribution >= 0.6 is 24.2 Å². The zero-order valence-corrected chi connectivity index (χ0v) is 15.7. The van der Waals surface area contributed by atoms with Crippen LogP contribution in [0.4, 0.5) is 0 Å². The molecule has 0 aromatic rings. The highest BCUT2D eigenvalue weighted by Crippen LogP contribution is 2.22. The Balaban J connectivity index is 0.00000529. The summed E-state index contributed by atoms with van der Waals surface area (Å²) in [4.78, 5) is 47.1. The van der Waals surface area contributed by atoms with E-state index in [1.807, 2.05) is 0 Å². The summed E-state index contributed by atoms with van der Waals surface area (Å²) >= 11 is 1.21. The number of esters is 2. The van der Waals surface area contributed by atoms with Gasteiger partial charge < -0.3 is 20.1 Å². The molecule has 1 fully saturated rings. The van der Waals surface area contributed by atoms with Crippen LogP contribution in [0.25, 0.3) is 0 Å². The topological polar surface area (TPSA) is 111 Å². The zero-order valence-electron chi connectivity index (χ0n) is 14.0. The monoisotopic (exact) mass is 382 g/mol. The van der Waals surface area contributed by atoms with Gasteiger partial charge in [0.05, 0.1) is 19.0 Å². The van der Waals surface area contributed by atoms with Crippen LogP contribution in [0.3, 0.4) is 0 Å². The highest BCUT2D eigenvalue weighted by atomic mass is 35.5. The molecule has 0 saturated carbocycles. The molecule has 1 aliphatic rings. The Morgan fingerprint density at radius 2 is 2.00 bits per heavy atom. The summed E-state index contributed by atoms with van der Waals surface area (Å²) in [6.45, 7) is 4.96. The molecule has 0 unspecified atom stereocenters. The molecule has 0 aromatic carbocycles. The summed E-state index contributed by atoms with van der Waals surface area (Å²) in [5.41, 5.74) is -1.17. The van der Waals surface area contributed by atoms with Crippen LogP contribution in [0.15, 0.2) is 0 Å². The van der Waals surface area contributed by atoms with E-state index in [1.54, 1.807) is 6.92 Å². The zero-order chi connectivity index (χ0) is 17.6. The van der Waals surface area contributed by atoms with Crippen molar-refractivity contribution < 1.29 is 28.7 Å². The number of halogens is 1. The molecule has 24 heavy (non-hydrogen) atoms. The lowest BCUT2D eigenvalue weighted by Gasteiger charge is -2.28. The highest BCUT2D eigenvalue weighted by molar-refractivity contribution is 8.00. The van der Waals surface area contributed by atoms with Crippen LogP contribution in [-0.4, -0.2) is 60.1 Å². The fourth-order valence-electron chi connectivity index (χ4n) is 1.99. The van der Waals surface area contributed by atoms with Gasteiger partial charge in [-0.1, -0.05) is 0 Å². The van der Waals surface area contributed by atoms with Crippen molar-refractivity contribution in [2.45, 2.75) is 44.0 Å². The van der Waals surface area contributed by atoms with Gasteiger partial charge in [0.25, 0.3) is 0 Å². The molecule has 2 atom stereocenters. The largest absolute Gasteiger partial charge is 0.467 e. The standard InChI is InChI=1S/C14H22N2O6S.ClH/c1-5-22-12(19)8-7-23-9(11(18)15-8)6-10(17)16-14(2,3)13(20)21-4;/h8-9H,5-7H2,1-4H3,(H,15,18)(H,16,17);1H/t8-,9+;/m0./s1. The van der Waals surface area contributed by atoms with E-state index >= 15 is 0 Å². The Hall–Kier alpha value is -1.48. The van der Waals surface area contributed by atoms with E-state index in [9.17, 15) is 19.2 Å². The normalized spacial score (nSPS) is 20.2. The summed E-state index contributed by atoms with van der Waals surface area (Å²) in [6, 6.07) is -0.696. The number of rotatable bonds is 6. The van der Waals surface area contributed by atoms with Crippen LogP contribution in [0, 0.1) is 0 Å². The number of methoxy groups -OCH3 is 1. The third-order valence-corrected chi connectivity index (χ3v) is 4.47. The predicted octanol–water partition coefficient (Wildman–Crippen LogP) is 0.0294. The van der Waals surface area contributed by atoms with Crippen LogP contribution < -0.4 is 10.6 Å². The molecule has 0 radical (unpaired) electrons. The lowest BCUT2D eigenvalue weighted by Crippen LogP contribution is -2.54. The minimum absolute atomic E-state index is 0. The number of hydrogen-bond acceptors (Lipinski definition) is 7. The van der Waals surface area contributed by atoms with E-state index in [4.69, 9.17) is 4.74 Å². The van der Waals surface area contributed by atoms with Crippen molar-refractivity contribution in [1.29, 1.82) is 0 Å². The van der Waals surface area contributed by atoms with Gasteiger partial charge in [0.15, 0.2) is 0 Å². The smallest absolute Gasteiger partial charge is 0.330 e. The second kappa shape index (κ2) is 9.73. The van der Waals surface area contributed by atoms with Crippen molar-refractivity contribution in [3.63, 3.8) is 0 Å². The van der Waals surface area contributed by atoms with Crippen LogP contribution in [-0.2, 0) is 28.7 Å². The first kappa shape index (κ1) is 22.5. The lowest BCUT2D eigenvalue weighted by atomic mass is 10.1. The number of ether oxygens (including phenoxy) is 2. The van der Waals surface area contributed by atoms with Gasteiger partial charge in [-0.25, -0.2) is 9.59 Å². The van der Waals surface area contributed by atoms with Gasteiger partial charge in [0, 0.05) is 12.2 Å². The summed E-state index contributed by atoms with van der Waals surface area (Å²) in [5.74, 6) is -1.56. The van der Waals surface area contributed by atoms with Gasteiger partial charge >= 0.3 is 11.9 Å². The van der Waals surface area contributed by atoms with E-state index in [0.717, 1.165) is 0 Å². The summed E-state index contributed by atoms with van der Waals surface area (Å²) in [6.07, 6.45) is -0.0908. The molecule has 8 nitrogen and oxygen atoms in total. The summed E-state index contributed by atoms with van der Waals surface area (Å²) < 4.78 is 9.45. The van der Waals surface area contributed by atoms with Gasteiger partial charge in [-0.15, -0.1) is 24.2 Å². The fourth-order valence-corrected chi connectivity index (χ4v) is 3.12. The summed E-state index contributed by atoms with van der Waals surface area (Å²) in [7, 11) is 1.23. The molecule has 138 valence electrons. The van der Waals surface area contributed by atoms with Gasteiger partial charge in [-0.3, -0.25) is 9.59 Å². The maximum Gasteiger partial charge on any atom is 0.330 e. The number of carbonyl (C=O) groups is 4. The highest BCUT2D eigenvalue weighted by Gasteiger charge is 2.36. The van der Waals surface area contributed by atoms with E-state index in [0.29, 0.717) is 5.75 Å². The molecule has 2 amide bonds. The van der Waals surface area contributed by atoms with Crippen molar-refractivity contribution in [3.05, 3.63) is 0 Å². The minimum Gasteiger partial charge on any atom is -0.467 e. The maximum absolute atomic E-state index is 12.0. The van der Waals surface area contributed by atoms with Crippen molar-refractivity contribution in [2.75, 3.05) is 19.5 Å². The molecule has 1 saturated heterocycles. The Labute approximate surface area is 151 Å². The molecule has 1 heterocycles. The first-order valence-corrected chi connectivity index (χ1v) is 8.24. The number of carbonyl (C=O) groups excluding carboxylic acids is 4. The Bertz CT molecular complexity index is 500. The molecule has 1 aliphatic heterocycles. The molecule has 0 aliphatic carbocycles. The SMILES string of the molecule is CCOC(=O)[C@@H]1CS[C@H](CC(=O)NC(C)(C)C(=O)OC)C(=O)N1.Cl. The number of nitrogens with one attached hydrogen (secondary N) is 2. The first-order chi connectivity index (χ1) is 10.7. The van der Waals surface area contributed by atoms with E-state index < -0.39 is 40.6 Å². The molecule has 10 heteroatoms. The van der Waals surface area contributed by atoms with Crippen molar-refractivity contribution >= 4 is 47.9 Å². The van der Waals surface area contributed by atoms with Gasteiger partial charge in [0.1, 0.15) is 11.6 Å². The van der Waals surface area contributed by atoms with Crippen molar-refractivity contribution in [3.8, 4) is 0 Å². The van der Waals surface area contributed by atoms with Gasteiger partial charge in [0.2, 0.25) is 11.8 Å². The summed E-state index contributed by atoms with van der Waals surface area (Å²) in [5, 5.41) is 4.46. The molecule has 1 rings (SSSR count). The molecule has 2 N–H and O–H groups in total. The van der Waals surface area contributed by atoms with Crippen molar-refractivity contribution in [2.24, 2.45) is 0 Å². The average molecular weight is 383 g/mol. The molecule has 0 aromatic heterocycles. The Morgan fingerprint density at radius 1 is 1.38 bits per heavy atom. The number of thioether (sulfide) groups is 1. The van der Waals surface area contributed by atoms with Crippen LogP contribution in [0.1, 0.15) is 27.2 Å². The Morgan fingerprint density at radius 3 is 2.50 bits per heavy atom. The van der Waals surface area contributed by atoms with Gasteiger partial charge in [-0.2, -0.15) is 0 Å². The number of amides is 2. The molecule has 0 bridgehead atoms. The third-order valence-electron chi connectivity index (χ3n) is 3.16. The second-order valence-electron chi connectivity index (χ2n) is 5.50. The third kappa shape index (κ3) is 6.20. The minimum atomic E-state index is -1.17. The van der Waals surface area contributed by atoms with Gasteiger partial charge in [-0.05, 0) is 20.8 Å². The fraction of sp³-hybridized carbons (Fsp3) is 0.714. The molecular formula is C14H23ClN2O6S. The maximum atomic E-state index is 12.0. The van der Waals surface area contributed by atoms with E-state index in [-0.39, 0.29) is 25.4 Å². The van der Waals surface area contributed by atoms with E-state index in [1.165, 1.54) is 32.7 Å². The molecular weight excluding hydrogens is 360 g/mol. The Kier molecular flexibility index (Phi) is 9.13. The van der Waals surface area contributed by atoms with Crippen LogP contribution in [0.2, 0.25) is 0 Å². The first-order valence-electron chi connectivity index (χ1n) is 7.19.